The topological polar surface area (TPSA) is 218 Å². The summed E-state index contributed by atoms with van der Waals surface area (Å²) in [5.74, 6) is 4.69. The smallest absolute Gasteiger partial charge is 0.115 e. The van der Waals surface area contributed by atoms with E-state index in [9.17, 15) is 0 Å². The molecule has 10 heterocycles. The zero-order valence-corrected chi connectivity index (χ0v) is 91.1. The summed E-state index contributed by atoms with van der Waals surface area (Å²) in [7, 11) is 0. The Morgan fingerprint density at radius 2 is 0.507 bits per heavy atom. The summed E-state index contributed by atoms with van der Waals surface area (Å²) in [6.45, 7) is 23.7. The van der Waals surface area contributed by atoms with E-state index < -0.39 is 0 Å². The summed E-state index contributed by atoms with van der Waals surface area (Å²) in [4.78, 5) is 22.0. The number of thiazole rings is 5. The maximum Gasteiger partial charge on any atom is 0.115 e. The largest absolute Gasteiger partial charge is 0.322 e. The van der Waals surface area contributed by atoms with Crippen LogP contribution in [-0.4, -0.2) is 98.7 Å². The van der Waals surface area contributed by atoms with Crippen LogP contribution in [0.1, 0.15) is 89.6 Å². The number of nitrogens with zero attached hydrogens (tertiary/aromatic N) is 20. The molecule has 136 heavy (non-hydrogen) atoms. The molecule has 0 aliphatic rings. The molecule has 30 heteroatoms. The Morgan fingerprint density at radius 3 is 0.809 bits per heavy atom. The van der Waals surface area contributed by atoms with Crippen molar-refractivity contribution in [3.05, 3.63) is 370 Å². The van der Waals surface area contributed by atoms with E-state index in [1.165, 1.54) is 66.9 Å². The third-order valence-corrected chi connectivity index (χ3v) is 26.6. The van der Waals surface area contributed by atoms with Gasteiger partial charge in [0.15, 0.2) is 0 Å². The fraction of sp³-hybridized carbons (Fsp3) is 0.123. The Balaban J connectivity index is 0.000000136. The van der Waals surface area contributed by atoms with Crippen molar-refractivity contribution in [2.45, 2.75) is 88.0 Å². The molecular weight excluding hydrogens is 2670 g/mol. The molecule has 0 spiro atoms. The zero-order chi connectivity index (χ0) is 89.8. The average Bonchev–Trinajstić information content (AvgIpc) is 1.41. The van der Waals surface area contributed by atoms with Gasteiger partial charge in [0.2, 0.25) is 0 Å². The third kappa shape index (κ3) is 21.2. The molecule has 23 aromatic rings. The maximum atomic E-state index is 4.48. The molecule has 0 unspecified atom stereocenters. The van der Waals surface area contributed by atoms with E-state index in [1.807, 2.05) is 126 Å². The number of benzene rings is 13. The standard InChI is InChI=1S/C27H17N4S.C23H17N4S.C21H21N4S.C18H15N4S.C17H13N4S.5Ir/c1-3-8-19(9-4-1)22-12-7-13-23(20-10-5-2-6-11-20)26(22)31-17-29-30-27(31)21-14-15-25-24(16-21)28-18-32-25;1-15-10-19(17-6-4-3-5-7-17)11-16(2)22(15)27-13-25-26-23(27)18-8-9-21-20(12-18)24-14-28-21;1-13(2)16-6-5-7-17(14(3)4)20(16)25-11-23-24-21(25)15-8-9-19-18(10-15)22-12-26-19;1-11-6-12(2)17(13(3)7-11)22-9-20-21-18(22)14-4-5-16-15(8-14)19-10-23-16;1-11-4-3-5-12(2)16(11)21-9-19-20-17(21)13-6-7-15-14(8-13)18-10-22-15;;;;;/h1-13,15-18H;3-7,9-14H,1-2H3;5-7,9-14H,1-4H3;5-10H,1-3H3;3-5,7-10H,1-2H3;;;;;/q5*-1;;;;;. The van der Waals surface area contributed by atoms with Crippen molar-refractivity contribution in [1.29, 1.82) is 0 Å². The van der Waals surface area contributed by atoms with Crippen LogP contribution in [0.4, 0.5) is 0 Å². The number of aryl methyl sites for hydroxylation is 7. The van der Waals surface area contributed by atoms with Crippen molar-refractivity contribution >= 4 is 108 Å². The summed E-state index contributed by atoms with van der Waals surface area (Å²) in [6, 6.07) is 95.9. The molecule has 0 amide bonds. The van der Waals surface area contributed by atoms with Crippen molar-refractivity contribution in [3.8, 4) is 119 Å². The molecule has 13 aromatic carbocycles. The SMILES string of the molecule is CC(C)c1cccc(C(C)C)c1-n1cnnc1-c1[c-]cc2scnc2c1.Cc1cc(-c2ccccc2)cc(C)c1-n1cnnc1-c1[c-]cc2scnc2c1.Cc1cc(C)c(-n2cnnc2-c2[c-]cc3scnc3c2)c(C)c1.Cc1cccc(C)c1-n1cnnc1-c1[c-]cc2scnc2c1.[Ir].[Ir].[Ir].[Ir].[Ir].[c-]1cc2scnc2cc1-c1nncn1-c1c(-c2ccccc2)cccc1-c1ccccc1. The molecule has 10 aromatic heterocycles. The van der Waals surface area contributed by atoms with Gasteiger partial charge in [-0.05, 0) is 190 Å². The number of para-hydroxylation sites is 3. The van der Waals surface area contributed by atoms with Gasteiger partial charge in [-0.1, -0.05) is 191 Å². The molecule has 0 aliphatic carbocycles. The average molecular weight is 2760 g/mol. The first kappa shape index (κ1) is 100. The van der Waals surface area contributed by atoms with Gasteiger partial charge in [0.05, 0.1) is 62.4 Å². The van der Waals surface area contributed by atoms with Crippen LogP contribution < -0.4 is 0 Å². The minimum absolute atomic E-state index is 0. The van der Waals surface area contributed by atoms with Gasteiger partial charge in [-0.25, -0.2) is 0 Å². The Labute approximate surface area is 874 Å². The third-order valence-electron chi connectivity index (χ3n) is 22.7. The Morgan fingerprint density at radius 1 is 0.250 bits per heavy atom. The van der Waals surface area contributed by atoms with Crippen molar-refractivity contribution in [1.82, 2.24) is 98.7 Å². The van der Waals surface area contributed by atoms with Gasteiger partial charge in [0.25, 0.3) is 0 Å². The number of aromatic nitrogens is 20. The summed E-state index contributed by atoms with van der Waals surface area (Å²) < 4.78 is 15.9. The van der Waals surface area contributed by atoms with Crippen LogP contribution in [0, 0.1) is 78.8 Å². The molecule has 23 rings (SSSR count). The minimum Gasteiger partial charge on any atom is -0.322 e. The van der Waals surface area contributed by atoms with Gasteiger partial charge >= 0.3 is 0 Å². The zero-order valence-electron chi connectivity index (χ0n) is 75.0. The van der Waals surface area contributed by atoms with Crippen LogP contribution >= 0.6 is 56.7 Å². The Bertz CT molecular complexity index is 7880. The first-order chi connectivity index (χ1) is 64.0. The van der Waals surface area contributed by atoms with E-state index in [4.69, 9.17) is 0 Å². The van der Waals surface area contributed by atoms with Crippen molar-refractivity contribution in [2.75, 3.05) is 0 Å². The van der Waals surface area contributed by atoms with Crippen LogP contribution in [-0.2, 0) is 101 Å². The van der Waals surface area contributed by atoms with E-state index in [0.29, 0.717) is 11.8 Å². The van der Waals surface area contributed by atoms with Crippen LogP contribution in [0.15, 0.2) is 290 Å². The monoisotopic (exact) mass is 2760 g/mol. The maximum absolute atomic E-state index is 4.48. The number of hydrogen-bond donors (Lipinski definition) is 0. The second-order valence-electron chi connectivity index (χ2n) is 32.2. The molecule has 0 atom stereocenters. The van der Waals surface area contributed by atoms with Crippen LogP contribution in [0.2, 0.25) is 0 Å². The van der Waals surface area contributed by atoms with Gasteiger partial charge in [0.1, 0.15) is 31.6 Å². The van der Waals surface area contributed by atoms with Gasteiger partial charge < -0.3 is 22.8 Å². The molecule has 0 saturated carbocycles. The Kier molecular flexibility index (Phi) is 33.2. The fourth-order valence-corrected chi connectivity index (χ4v) is 19.9. The normalized spacial score (nSPS) is 10.9. The molecule has 687 valence electrons. The van der Waals surface area contributed by atoms with E-state index in [2.05, 4.69) is 343 Å². The summed E-state index contributed by atoms with van der Waals surface area (Å²) in [5.41, 5.74) is 42.0. The molecule has 0 bridgehead atoms. The second-order valence-corrected chi connectivity index (χ2v) is 36.6. The van der Waals surface area contributed by atoms with Crippen LogP contribution in [0.25, 0.3) is 170 Å². The van der Waals surface area contributed by atoms with Crippen LogP contribution in [0.3, 0.4) is 0 Å². The summed E-state index contributed by atoms with van der Waals surface area (Å²) in [5, 5.41) is 42.8. The van der Waals surface area contributed by atoms with E-state index >= 15 is 0 Å². The molecule has 0 N–H and O–H groups in total. The molecule has 0 aliphatic heterocycles. The molecule has 0 saturated heterocycles. The van der Waals surface area contributed by atoms with E-state index in [0.717, 1.165) is 153 Å². The summed E-state index contributed by atoms with van der Waals surface area (Å²) >= 11 is 8.07. The van der Waals surface area contributed by atoms with Gasteiger partial charge in [-0.3, -0.25) is 24.9 Å². The molecule has 5 radical (unpaired) electrons. The van der Waals surface area contributed by atoms with Gasteiger partial charge in [-0.2, -0.15) is 82.2 Å². The Hall–Kier alpha value is -11.7. The van der Waals surface area contributed by atoms with Crippen molar-refractivity contribution in [3.63, 3.8) is 0 Å². The predicted molar refractivity (Wildman–Crippen MR) is 532 cm³/mol. The van der Waals surface area contributed by atoms with Crippen molar-refractivity contribution < 1.29 is 101 Å². The van der Waals surface area contributed by atoms with E-state index in [1.54, 1.807) is 82.0 Å². The van der Waals surface area contributed by atoms with E-state index in [-0.39, 0.29) is 101 Å². The molecule has 20 nitrogen and oxygen atoms in total. The molecule has 0 fully saturated rings. The first-order valence-corrected chi connectivity index (χ1v) is 46.9. The summed E-state index contributed by atoms with van der Waals surface area (Å²) in [6.07, 6.45) is 8.87. The first-order valence-electron chi connectivity index (χ1n) is 42.5. The number of fused-ring (bicyclic) bond motifs is 5. The van der Waals surface area contributed by atoms with Crippen LogP contribution in [0.5, 0.6) is 0 Å². The second kappa shape index (κ2) is 45.0. The number of hydrogen-bond acceptors (Lipinski definition) is 20. The quantitative estimate of drug-likeness (QED) is 0.0872. The van der Waals surface area contributed by atoms with Gasteiger partial charge in [-0.15, -0.1) is 144 Å². The fourth-order valence-electron chi connectivity index (χ4n) is 16.7. The predicted octanol–water partition coefficient (Wildman–Crippen LogP) is 26.1. The molecular formula is C106H83Ir5N20S5-5. The van der Waals surface area contributed by atoms with Crippen molar-refractivity contribution in [2.24, 2.45) is 0 Å². The minimum atomic E-state index is 0. The van der Waals surface area contributed by atoms with Gasteiger partial charge in [0, 0.05) is 134 Å². The number of rotatable bonds is 15.